The Labute approximate surface area is 101 Å². The van der Waals surface area contributed by atoms with Crippen LogP contribution in [-0.4, -0.2) is 14.5 Å². The molecule has 0 spiro atoms. The Kier molecular flexibility index (Phi) is 2.16. The van der Waals surface area contributed by atoms with Crippen LogP contribution in [0, 0.1) is 5.41 Å². The van der Waals surface area contributed by atoms with Crippen molar-refractivity contribution in [3.63, 3.8) is 0 Å². The van der Waals surface area contributed by atoms with Gasteiger partial charge in [-0.05, 0) is 29.9 Å². The lowest BCUT2D eigenvalue weighted by Crippen LogP contribution is -2.30. The summed E-state index contributed by atoms with van der Waals surface area (Å²) in [6.07, 6.45) is 7.77. The SMILES string of the molecule is CC1(C)Cc2c(ccn2-c2ncc[nH]2)C(N)C1. The Balaban J connectivity index is 2.11. The van der Waals surface area contributed by atoms with Gasteiger partial charge in [0.2, 0.25) is 5.95 Å². The lowest BCUT2D eigenvalue weighted by atomic mass is 9.75. The number of rotatable bonds is 1. The fourth-order valence-electron chi connectivity index (χ4n) is 2.82. The van der Waals surface area contributed by atoms with E-state index in [-0.39, 0.29) is 11.5 Å². The summed E-state index contributed by atoms with van der Waals surface area (Å²) in [4.78, 5) is 7.45. The number of aromatic amines is 1. The van der Waals surface area contributed by atoms with Gasteiger partial charge in [0.25, 0.3) is 0 Å². The highest BCUT2D eigenvalue weighted by molar-refractivity contribution is 5.34. The summed E-state index contributed by atoms with van der Waals surface area (Å²) in [5.74, 6) is 0.871. The van der Waals surface area contributed by atoms with Gasteiger partial charge in [0.05, 0.1) is 0 Å². The average Bonchev–Trinajstić information content (AvgIpc) is 2.82. The van der Waals surface area contributed by atoms with Crippen molar-refractivity contribution in [1.82, 2.24) is 14.5 Å². The van der Waals surface area contributed by atoms with E-state index in [1.54, 1.807) is 6.20 Å². The first-order chi connectivity index (χ1) is 8.07. The van der Waals surface area contributed by atoms with Crippen LogP contribution >= 0.6 is 0 Å². The van der Waals surface area contributed by atoms with Crippen molar-refractivity contribution in [2.24, 2.45) is 11.1 Å². The number of imidazole rings is 1. The van der Waals surface area contributed by atoms with E-state index in [0.29, 0.717) is 0 Å². The molecule has 1 aliphatic carbocycles. The second-order valence-electron chi connectivity index (χ2n) is 5.65. The molecule has 90 valence electrons. The monoisotopic (exact) mass is 230 g/mol. The van der Waals surface area contributed by atoms with Crippen molar-refractivity contribution in [2.75, 3.05) is 0 Å². The molecule has 2 aromatic rings. The van der Waals surface area contributed by atoms with Crippen molar-refractivity contribution >= 4 is 0 Å². The highest BCUT2D eigenvalue weighted by Gasteiger charge is 2.32. The maximum absolute atomic E-state index is 6.24. The third-order valence-corrected chi connectivity index (χ3v) is 3.56. The van der Waals surface area contributed by atoms with E-state index in [1.165, 1.54) is 11.3 Å². The number of nitrogens with one attached hydrogen (secondary N) is 1. The smallest absolute Gasteiger partial charge is 0.211 e. The summed E-state index contributed by atoms with van der Waals surface area (Å²) in [6.45, 7) is 4.55. The zero-order chi connectivity index (χ0) is 12.0. The molecule has 2 heterocycles. The van der Waals surface area contributed by atoms with Gasteiger partial charge < -0.3 is 10.7 Å². The first-order valence-corrected chi connectivity index (χ1v) is 6.02. The fourth-order valence-corrected chi connectivity index (χ4v) is 2.82. The molecule has 0 saturated carbocycles. The van der Waals surface area contributed by atoms with E-state index in [1.807, 2.05) is 6.20 Å². The molecule has 0 fully saturated rings. The molecular weight excluding hydrogens is 212 g/mol. The third-order valence-electron chi connectivity index (χ3n) is 3.56. The molecular formula is C13H18N4. The summed E-state index contributed by atoms with van der Waals surface area (Å²) >= 11 is 0. The molecule has 0 aliphatic heterocycles. The maximum Gasteiger partial charge on any atom is 0.211 e. The van der Waals surface area contributed by atoms with E-state index in [9.17, 15) is 0 Å². The van der Waals surface area contributed by atoms with E-state index in [0.717, 1.165) is 18.8 Å². The van der Waals surface area contributed by atoms with Crippen LogP contribution in [0.5, 0.6) is 0 Å². The second kappa shape index (κ2) is 3.47. The van der Waals surface area contributed by atoms with Crippen molar-refractivity contribution in [1.29, 1.82) is 0 Å². The summed E-state index contributed by atoms with van der Waals surface area (Å²) in [5, 5.41) is 0. The van der Waals surface area contributed by atoms with E-state index in [4.69, 9.17) is 5.73 Å². The van der Waals surface area contributed by atoms with Crippen molar-refractivity contribution in [3.8, 4) is 5.95 Å². The highest BCUT2D eigenvalue weighted by atomic mass is 15.2. The minimum absolute atomic E-state index is 0.143. The van der Waals surface area contributed by atoms with Gasteiger partial charge in [0.15, 0.2) is 0 Å². The molecule has 17 heavy (non-hydrogen) atoms. The molecule has 3 N–H and O–H groups in total. The van der Waals surface area contributed by atoms with E-state index < -0.39 is 0 Å². The summed E-state index contributed by atoms with van der Waals surface area (Å²) in [6, 6.07) is 2.27. The normalized spacial score (nSPS) is 22.4. The summed E-state index contributed by atoms with van der Waals surface area (Å²) < 4.78 is 2.12. The zero-order valence-electron chi connectivity index (χ0n) is 10.3. The highest BCUT2D eigenvalue weighted by Crippen LogP contribution is 2.40. The zero-order valence-corrected chi connectivity index (χ0v) is 10.3. The predicted molar refractivity (Wildman–Crippen MR) is 66.9 cm³/mol. The second-order valence-corrected chi connectivity index (χ2v) is 5.65. The Bertz CT molecular complexity index is 522. The quantitative estimate of drug-likeness (QED) is 0.788. The molecule has 1 atom stereocenters. The van der Waals surface area contributed by atoms with Gasteiger partial charge in [-0.1, -0.05) is 13.8 Å². The molecule has 0 radical (unpaired) electrons. The van der Waals surface area contributed by atoms with Gasteiger partial charge in [0.1, 0.15) is 0 Å². The number of H-pyrrole nitrogens is 1. The summed E-state index contributed by atoms with van der Waals surface area (Å²) in [5.41, 5.74) is 9.06. The van der Waals surface area contributed by atoms with Crippen LogP contribution in [0.3, 0.4) is 0 Å². The first kappa shape index (κ1) is 10.6. The lowest BCUT2D eigenvalue weighted by molar-refractivity contribution is 0.278. The molecule has 2 aromatic heterocycles. The number of fused-ring (bicyclic) bond motifs is 1. The van der Waals surface area contributed by atoms with Crippen LogP contribution in [0.2, 0.25) is 0 Å². The van der Waals surface area contributed by atoms with Gasteiger partial charge in [-0.25, -0.2) is 4.98 Å². The van der Waals surface area contributed by atoms with Crippen LogP contribution in [0.4, 0.5) is 0 Å². The van der Waals surface area contributed by atoms with Crippen LogP contribution < -0.4 is 5.73 Å². The van der Waals surface area contributed by atoms with Gasteiger partial charge >= 0.3 is 0 Å². The standard InChI is InChI=1S/C13H18N4/c1-13(2)7-10(14)9-3-6-17(11(9)8-13)12-15-4-5-16-12/h3-6,10H,7-8,14H2,1-2H3,(H,15,16). The molecule has 4 nitrogen and oxygen atoms in total. The number of aromatic nitrogens is 3. The minimum atomic E-state index is 0.143. The molecule has 3 rings (SSSR count). The van der Waals surface area contributed by atoms with E-state index in [2.05, 4.69) is 40.6 Å². The molecule has 0 aromatic carbocycles. The third kappa shape index (κ3) is 1.69. The van der Waals surface area contributed by atoms with Crippen LogP contribution in [0.1, 0.15) is 37.6 Å². The van der Waals surface area contributed by atoms with Gasteiger partial charge in [0, 0.05) is 30.3 Å². The minimum Gasteiger partial charge on any atom is -0.330 e. The van der Waals surface area contributed by atoms with Crippen LogP contribution in [-0.2, 0) is 6.42 Å². The van der Waals surface area contributed by atoms with Crippen LogP contribution in [0.15, 0.2) is 24.7 Å². The molecule has 0 amide bonds. The molecule has 1 unspecified atom stereocenters. The topological polar surface area (TPSA) is 59.6 Å². The average molecular weight is 230 g/mol. The first-order valence-electron chi connectivity index (χ1n) is 6.02. The van der Waals surface area contributed by atoms with Crippen molar-refractivity contribution < 1.29 is 0 Å². The van der Waals surface area contributed by atoms with Gasteiger partial charge in [-0.2, -0.15) is 0 Å². The number of nitrogens with zero attached hydrogens (tertiary/aromatic N) is 2. The number of hydrogen-bond acceptors (Lipinski definition) is 2. The van der Waals surface area contributed by atoms with Gasteiger partial charge in [-0.3, -0.25) is 4.57 Å². The Hall–Kier alpha value is -1.55. The lowest BCUT2D eigenvalue weighted by Gasteiger charge is -2.34. The molecule has 4 heteroatoms. The van der Waals surface area contributed by atoms with Crippen molar-refractivity contribution in [3.05, 3.63) is 35.9 Å². The number of nitrogens with two attached hydrogens (primary N) is 1. The summed E-state index contributed by atoms with van der Waals surface area (Å²) in [7, 11) is 0. The largest absolute Gasteiger partial charge is 0.330 e. The Morgan fingerprint density at radius 1 is 1.53 bits per heavy atom. The van der Waals surface area contributed by atoms with Gasteiger partial charge in [-0.15, -0.1) is 0 Å². The van der Waals surface area contributed by atoms with Crippen LogP contribution in [0.25, 0.3) is 5.95 Å². The molecule has 1 aliphatic rings. The fraction of sp³-hybridized carbons (Fsp3) is 0.462. The maximum atomic E-state index is 6.24. The Morgan fingerprint density at radius 2 is 2.35 bits per heavy atom. The predicted octanol–water partition coefficient (Wildman–Crippen LogP) is 2.17. The molecule has 0 bridgehead atoms. The Morgan fingerprint density at radius 3 is 3.06 bits per heavy atom. The molecule has 0 saturated heterocycles. The number of hydrogen-bond donors (Lipinski definition) is 2. The van der Waals surface area contributed by atoms with Crippen molar-refractivity contribution in [2.45, 2.75) is 32.7 Å². The van der Waals surface area contributed by atoms with E-state index >= 15 is 0 Å².